The van der Waals surface area contributed by atoms with Crippen LogP contribution in [0.3, 0.4) is 0 Å². The summed E-state index contributed by atoms with van der Waals surface area (Å²) in [5.74, 6) is -0.120. The molecule has 0 heterocycles. The van der Waals surface area contributed by atoms with Crippen molar-refractivity contribution in [2.24, 2.45) is 0 Å². The van der Waals surface area contributed by atoms with Crippen molar-refractivity contribution >= 4 is 5.91 Å². The Balaban J connectivity index is 3.85. The predicted molar refractivity (Wildman–Crippen MR) is 174 cm³/mol. The second-order valence-corrected chi connectivity index (χ2v) is 10.5. The van der Waals surface area contributed by atoms with Gasteiger partial charge in [0.05, 0.1) is 18.8 Å². The molecule has 0 saturated heterocycles. The molecule has 0 aromatic carbocycles. The zero-order valence-corrected chi connectivity index (χ0v) is 25.8. The molecule has 0 aliphatic heterocycles. The van der Waals surface area contributed by atoms with Gasteiger partial charge >= 0.3 is 0 Å². The van der Waals surface area contributed by atoms with Crippen LogP contribution in [0.2, 0.25) is 0 Å². The molecule has 40 heavy (non-hydrogen) atoms. The van der Waals surface area contributed by atoms with E-state index in [4.69, 9.17) is 0 Å². The van der Waals surface area contributed by atoms with Crippen LogP contribution < -0.4 is 5.32 Å². The van der Waals surface area contributed by atoms with Gasteiger partial charge in [0.2, 0.25) is 5.91 Å². The van der Waals surface area contributed by atoms with E-state index in [0.717, 1.165) is 64.2 Å². The molecule has 0 saturated carbocycles. The van der Waals surface area contributed by atoms with Gasteiger partial charge < -0.3 is 15.5 Å². The van der Waals surface area contributed by atoms with E-state index >= 15 is 0 Å². The highest BCUT2D eigenvalue weighted by Gasteiger charge is 2.17. The Bertz CT molecular complexity index is 732. The molecule has 0 aliphatic carbocycles. The first-order valence-corrected chi connectivity index (χ1v) is 16.2. The lowest BCUT2D eigenvalue weighted by molar-refractivity contribution is -0.123. The van der Waals surface area contributed by atoms with Gasteiger partial charge in [-0.15, -0.1) is 0 Å². The van der Waals surface area contributed by atoms with Gasteiger partial charge in [0.1, 0.15) is 0 Å². The highest BCUT2D eigenvalue weighted by atomic mass is 16.3. The third kappa shape index (κ3) is 27.4. The number of aliphatic hydroxyl groups is 2. The van der Waals surface area contributed by atoms with E-state index in [2.05, 4.69) is 79.9 Å². The van der Waals surface area contributed by atoms with Gasteiger partial charge in [-0.2, -0.15) is 0 Å². The molecule has 228 valence electrons. The van der Waals surface area contributed by atoms with E-state index in [0.29, 0.717) is 6.42 Å². The average molecular weight is 556 g/mol. The molecule has 1 amide bonds. The summed E-state index contributed by atoms with van der Waals surface area (Å²) in [5, 5.41) is 22.7. The average Bonchev–Trinajstić information content (AvgIpc) is 2.96. The van der Waals surface area contributed by atoms with Crippen molar-refractivity contribution in [2.75, 3.05) is 6.61 Å². The lowest BCUT2D eigenvalue weighted by Crippen LogP contribution is -2.45. The second-order valence-electron chi connectivity index (χ2n) is 10.5. The van der Waals surface area contributed by atoms with E-state index in [-0.39, 0.29) is 12.5 Å². The van der Waals surface area contributed by atoms with E-state index in [9.17, 15) is 15.0 Å². The fourth-order valence-electron chi connectivity index (χ4n) is 4.18. The molecule has 0 fully saturated rings. The molecule has 3 N–H and O–H groups in total. The quantitative estimate of drug-likeness (QED) is 0.0699. The lowest BCUT2D eigenvalue weighted by Gasteiger charge is -2.19. The maximum absolute atomic E-state index is 12.2. The number of carbonyl (C=O) groups excluding carboxylic acids is 1. The van der Waals surface area contributed by atoms with Crippen LogP contribution in [0.15, 0.2) is 72.9 Å². The van der Waals surface area contributed by atoms with Crippen LogP contribution in [0.1, 0.15) is 129 Å². The fourth-order valence-corrected chi connectivity index (χ4v) is 4.18. The Morgan fingerprint density at radius 2 is 1.12 bits per heavy atom. The van der Waals surface area contributed by atoms with Crippen molar-refractivity contribution < 1.29 is 15.0 Å². The van der Waals surface area contributed by atoms with Gasteiger partial charge in [-0.05, 0) is 70.6 Å². The molecular weight excluding hydrogens is 494 g/mol. The summed E-state index contributed by atoms with van der Waals surface area (Å²) in [4.78, 5) is 12.2. The first-order chi connectivity index (χ1) is 19.7. The number of amides is 1. The molecule has 2 unspecified atom stereocenters. The zero-order chi connectivity index (χ0) is 29.4. The van der Waals surface area contributed by atoms with Crippen LogP contribution in [0.4, 0.5) is 0 Å². The second kappa shape index (κ2) is 31.4. The smallest absolute Gasteiger partial charge is 0.220 e. The van der Waals surface area contributed by atoms with Crippen molar-refractivity contribution in [3.05, 3.63) is 72.9 Å². The molecule has 4 nitrogen and oxygen atoms in total. The Kier molecular flexibility index (Phi) is 29.7. The summed E-state index contributed by atoms with van der Waals surface area (Å²) in [6.07, 6.45) is 44.0. The SMILES string of the molecule is CC/C=C\C/C=C\C/C=C\C/C=C\CCCCC(=O)NC(CO)C(O)/C=C/CC/C=C/CCCCCCCCC. The van der Waals surface area contributed by atoms with Gasteiger partial charge in [0.15, 0.2) is 0 Å². The molecule has 4 heteroatoms. The predicted octanol–water partition coefficient (Wildman–Crippen LogP) is 9.22. The van der Waals surface area contributed by atoms with Crippen LogP contribution >= 0.6 is 0 Å². The number of hydrogen-bond donors (Lipinski definition) is 3. The summed E-state index contributed by atoms with van der Waals surface area (Å²) >= 11 is 0. The minimum Gasteiger partial charge on any atom is -0.394 e. The molecule has 0 aliphatic rings. The normalized spacial score (nSPS) is 14.2. The zero-order valence-electron chi connectivity index (χ0n) is 25.8. The maximum atomic E-state index is 12.2. The maximum Gasteiger partial charge on any atom is 0.220 e. The lowest BCUT2D eigenvalue weighted by atomic mass is 10.1. The molecular formula is C36H61NO3. The minimum absolute atomic E-state index is 0.120. The van der Waals surface area contributed by atoms with Crippen molar-refractivity contribution in [2.45, 2.75) is 142 Å². The third-order valence-electron chi connectivity index (χ3n) is 6.67. The highest BCUT2D eigenvalue weighted by molar-refractivity contribution is 5.76. The topological polar surface area (TPSA) is 69.6 Å². The number of aliphatic hydroxyl groups excluding tert-OH is 2. The molecule has 2 atom stereocenters. The minimum atomic E-state index is -0.880. The van der Waals surface area contributed by atoms with Crippen LogP contribution in [0.5, 0.6) is 0 Å². The van der Waals surface area contributed by atoms with Gasteiger partial charge in [0.25, 0.3) is 0 Å². The summed E-state index contributed by atoms with van der Waals surface area (Å²) in [6, 6.07) is -0.661. The number of rotatable bonds is 27. The summed E-state index contributed by atoms with van der Waals surface area (Å²) < 4.78 is 0. The monoisotopic (exact) mass is 555 g/mol. The van der Waals surface area contributed by atoms with E-state index in [1.807, 2.05) is 6.08 Å². The van der Waals surface area contributed by atoms with Crippen molar-refractivity contribution in [1.82, 2.24) is 5.32 Å². The molecule has 0 aromatic heterocycles. The number of unbranched alkanes of at least 4 members (excludes halogenated alkanes) is 10. The van der Waals surface area contributed by atoms with Crippen LogP contribution in [0, 0.1) is 0 Å². The Morgan fingerprint density at radius 3 is 1.75 bits per heavy atom. The molecule has 0 aromatic rings. The van der Waals surface area contributed by atoms with Gasteiger partial charge in [0, 0.05) is 6.42 Å². The van der Waals surface area contributed by atoms with Gasteiger partial charge in [-0.3, -0.25) is 4.79 Å². The molecule has 0 radical (unpaired) electrons. The van der Waals surface area contributed by atoms with Crippen molar-refractivity contribution in [1.29, 1.82) is 0 Å². The number of allylic oxidation sites excluding steroid dienone is 11. The Morgan fingerprint density at radius 1 is 0.625 bits per heavy atom. The van der Waals surface area contributed by atoms with Crippen LogP contribution in [-0.2, 0) is 4.79 Å². The highest BCUT2D eigenvalue weighted by Crippen LogP contribution is 2.09. The Labute approximate surface area is 247 Å². The van der Waals surface area contributed by atoms with E-state index < -0.39 is 12.1 Å². The largest absolute Gasteiger partial charge is 0.394 e. The number of carbonyl (C=O) groups is 1. The van der Waals surface area contributed by atoms with Gasteiger partial charge in [-0.1, -0.05) is 125 Å². The van der Waals surface area contributed by atoms with Crippen LogP contribution in [-0.4, -0.2) is 34.9 Å². The van der Waals surface area contributed by atoms with Crippen LogP contribution in [0.25, 0.3) is 0 Å². The fraction of sp³-hybridized carbons (Fsp3) is 0.639. The first kappa shape index (κ1) is 37.8. The number of nitrogens with one attached hydrogen (secondary N) is 1. The standard InChI is InChI=1S/C36H61NO3/c1-3-5-7-9-11-13-15-17-18-20-22-24-26-28-30-32-36(40)37-34(33-38)35(39)31-29-27-25-23-21-19-16-14-12-10-8-6-4-2/h5,7,11,13,17-18,21-24,29,31,34-35,38-39H,3-4,6,8-10,12,14-16,19-20,25-28,30,32-33H2,1-2H3,(H,37,40)/b7-5-,13-11-,18-17-,23-21+,24-22-,31-29+. The Hall–Kier alpha value is -2.17. The van der Waals surface area contributed by atoms with E-state index in [1.165, 1.54) is 44.9 Å². The third-order valence-corrected chi connectivity index (χ3v) is 6.67. The van der Waals surface area contributed by atoms with Crippen molar-refractivity contribution in [3.8, 4) is 0 Å². The molecule has 0 rings (SSSR count). The molecule has 0 spiro atoms. The summed E-state index contributed by atoms with van der Waals surface area (Å²) in [7, 11) is 0. The molecule has 0 bridgehead atoms. The van der Waals surface area contributed by atoms with Gasteiger partial charge in [-0.25, -0.2) is 0 Å². The summed E-state index contributed by atoms with van der Waals surface area (Å²) in [5.41, 5.74) is 0. The summed E-state index contributed by atoms with van der Waals surface area (Å²) in [6.45, 7) is 4.12. The van der Waals surface area contributed by atoms with E-state index in [1.54, 1.807) is 6.08 Å². The number of hydrogen-bond acceptors (Lipinski definition) is 3. The van der Waals surface area contributed by atoms with Crippen molar-refractivity contribution in [3.63, 3.8) is 0 Å². The first-order valence-electron chi connectivity index (χ1n) is 16.2.